The van der Waals surface area contributed by atoms with E-state index in [2.05, 4.69) is 28.7 Å². The molecule has 0 aliphatic heterocycles. The van der Waals surface area contributed by atoms with Crippen LogP contribution in [-0.4, -0.2) is 28.9 Å². The molecule has 128 valence electrons. The number of nitrogens with zero attached hydrogens (tertiary/aromatic N) is 2. The van der Waals surface area contributed by atoms with Crippen molar-refractivity contribution in [3.63, 3.8) is 0 Å². The molecule has 0 N–H and O–H groups in total. The summed E-state index contributed by atoms with van der Waals surface area (Å²) in [6, 6.07) is 13.0. The highest BCUT2D eigenvalue weighted by atomic mass is 32.1. The van der Waals surface area contributed by atoms with Crippen molar-refractivity contribution in [2.45, 2.75) is 19.4 Å². The predicted octanol–water partition coefficient (Wildman–Crippen LogP) is 4.64. The molecule has 0 aliphatic rings. The van der Waals surface area contributed by atoms with E-state index in [9.17, 15) is 4.79 Å². The first-order chi connectivity index (χ1) is 12.1. The van der Waals surface area contributed by atoms with Gasteiger partial charge in [0.15, 0.2) is 0 Å². The quantitative estimate of drug-likeness (QED) is 0.649. The van der Waals surface area contributed by atoms with Crippen molar-refractivity contribution in [3.05, 3.63) is 76.7 Å². The topological polar surface area (TPSA) is 42.4 Å². The third-order valence-corrected chi connectivity index (χ3v) is 4.79. The van der Waals surface area contributed by atoms with E-state index in [1.165, 1.54) is 5.56 Å². The summed E-state index contributed by atoms with van der Waals surface area (Å²) in [7, 11) is 1.84. The molecule has 3 aromatic rings. The van der Waals surface area contributed by atoms with Crippen molar-refractivity contribution in [2.24, 2.45) is 0 Å². The van der Waals surface area contributed by atoms with Crippen molar-refractivity contribution in [3.8, 4) is 11.5 Å². The van der Waals surface area contributed by atoms with Gasteiger partial charge in [-0.1, -0.05) is 6.07 Å². The van der Waals surface area contributed by atoms with Gasteiger partial charge in [-0.25, -0.2) is 0 Å². The molecule has 2 heterocycles. The second-order valence-electron chi connectivity index (χ2n) is 5.91. The number of ether oxygens (including phenoxy) is 1. The first-order valence-corrected chi connectivity index (χ1v) is 9.04. The number of aromatic nitrogens is 1. The Morgan fingerprint density at radius 3 is 2.72 bits per heavy atom. The van der Waals surface area contributed by atoms with Crippen LogP contribution in [0, 0.1) is 0 Å². The molecule has 1 atom stereocenters. The largest absolute Gasteiger partial charge is 0.457 e. The number of pyridine rings is 1. The summed E-state index contributed by atoms with van der Waals surface area (Å²) in [5.41, 5.74) is 1.87. The average molecular weight is 352 g/mol. The zero-order valence-electron chi connectivity index (χ0n) is 14.3. The molecule has 0 fully saturated rings. The molecule has 1 aromatic carbocycles. The smallest absolute Gasteiger partial charge is 0.253 e. The fourth-order valence-corrected chi connectivity index (χ4v) is 3.21. The summed E-state index contributed by atoms with van der Waals surface area (Å²) in [6.45, 7) is 2.06. The van der Waals surface area contributed by atoms with Crippen LogP contribution in [0.5, 0.6) is 11.5 Å². The lowest BCUT2D eigenvalue weighted by atomic mass is 10.1. The molecule has 4 nitrogen and oxygen atoms in total. The molecule has 1 amide bonds. The van der Waals surface area contributed by atoms with Gasteiger partial charge >= 0.3 is 0 Å². The minimum absolute atomic E-state index is 0.0112. The number of rotatable bonds is 6. The number of hydrogen-bond donors (Lipinski definition) is 0. The maximum absolute atomic E-state index is 12.8. The molecule has 0 spiro atoms. The number of benzene rings is 1. The molecule has 3 rings (SSSR count). The number of hydrogen-bond acceptors (Lipinski definition) is 4. The van der Waals surface area contributed by atoms with Crippen LogP contribution in [-0.2, 0) is 6.42 Å². The van der Waals surface area contributed by atoms with Gasteiger partial charge in [0.05, 0.1) is 0 Å². The van der Waals surface area contributed by atoms with Gasteiger partial charge < -0.3 is 9.64 Å². The Morgan fingerprint density at radius 2 is 2.00 bits per heavy atom. The van der Waals surface area contributed by atoms with E-state index < -0.39 is 0 Å². The van der Waals surface area contributed by atoms with Crippen LogP contribution in [0.15, 0.2) is 65.6 Å². The van der Waals surface area contributed by atoms with Crippen molar-refractivity contribution >= 4 is 17.2 Å². The lowest BCUT2D eigenvalue weighted by Crippen LogP contribution is -2.36. The summed E-state index contributed by atoms with van der Waals surface area (Å²) in [5, 5.41) is 4.18. The molecular formula is C20H20N2O2S. The molecular weight excluding hydrogens is 332 g/mol. The Morgan fingerprint density at radius 1 is 1.20 bits per heavy atom. The van der Waals surface area contributed by atoms with Crippen LogP contribution in [0.1, 0.15) is 22.8 Å². The van der Waals surface area contributed by atoms with E-state index >= 15 is 0 Å². The maximum Gasteiger partial charge on any atom is 0.253 e. The van der Waals surface area contributed by atoms with Crippen LogP contribution in [0.3, 0.4) is 0 Å². The van der Waals surface area contributed by atoms with Gasteiger partial charge in [-0.05, 0) is 66.1 Å². The van der Waals surface area contributed by atoms with E-state index in [0.717, 1.165) is 6.42 Å². The molecule has 2 aromatic heterocycles. The highest BCUT2D eigenvalue weighted by Gasteiger charge is 2.18. The van der Waals surface area contributed by atoms with E-state index in [1.807, 2.05) is 25.2 Å². The maximum atomic E-state index is 12.8. The molecule has 25 heavy (non-hydrogen) atoms. The Balaban J connectivity index is 1.70. The standard InChI is InChI=1S/C20H20N2O2S/c1-15(12-16-8-11-25-14-16)22(2)20(23)17-4-3-5-19(13-17)24-18-6-9-21-10-7-18/h3-11,13-15H,12H2,1-2H3/t15-/m1/s1. The first kappa shape index (κ1) is 17.2. The van der Waals surface area contributed by atoms with Gasteiger partial charge in [0.1, 0.15) is 11.5 Å². The van der Waals surface area contributed by atoms with Gasteiger partial charge in [0.2, 0.25) is 0 Å². The number of carbonyl (C=O) groups is 1. The van der Waals surface area contributed by atoms with Crippen LogP contribution in [0.4, 0.5) is 0 Å². The van der Waals surface area contributed by atoms with Crippen molar-refractivity contribution in [1.82, 2.24) is 9.88 Å². The Hall–Kier alpha value is -2.66. The molecule has 0 saturated heterocycles. The molecule has 0 bridgehead atoms. The first-order valence-electron chi connectivity index (χ1n) is 8.09. The highest BCUT2D eigenvalue weighted by Crippen LogP contribution is 2.22. The predicted molar refractivity (Wildman–Crippen MR) is 100 cm³/mol. The van der Waals surface area contributed by atoms with Gasteiger partial charge in [-0.15, -0.1) is 0 Å². The van der Waals surface area contributed by atoms with E-state index in [4.69, 9.17) is 4.74 Å². The zero-order chi connectivity index (χ0) is 17.6. The Labute approximate surface area is 151 Å². The highest BCUT2D eigenvalue weighted by molar-refractivity contribution is 7.07. The van der Waals surface area contributed by atoms with E-state index in [1.54, 1.807) is 46.8 Å². The van der Waals surface area contributed by atoms with Gasteiger partial charge in [-0.3, -0.25) is 9.78 Å². The third-order valence-electron chi connectivity index (χ3n) is 4.06. The van der Waals surface area contributed by atoms with Gasteiger partial charge in [0, 0.05) is 31.0 Å². The van der Waals surface area contributed by atoms with Crippen LogP contribution in [0.2, 0.25) is 0 Å². The summed E-state index contributed by atoms with van der Waals surface area (Å²) in [6.07, 6.45) is 4.19. The van der Waals surface area contributed by atoms with Crippen molar-refractivity contribution in [2.75, 3.05) is 7.05 Å². The second-order valence-corrected chi connectivity index (χ2v) is 6.69. The fraction of sp³-hybridized carbons (Fsp3) is 0.200. The van der Waals surface area contributed by atoms with Crippen molar-refractivity contribution < 1.29 is 9.53 Å². The summed E-state index contributed by atoms with van der Waals surface area (Å²) in [5.74, 6) is 1.32. The third kappa shape index (κ3) is 4.45. The van der Waals surface area contributed by atoms with Crippen LogP contribution in [0.25, 0.3) is 0 Å². The Kier molecular flexibility index (Phi) is 5.46. The molecule has 0 radical (unpaired) electrons. The van der Waals surface area contributed by atoms with Crippen LogP contribution >= 0.6 is 11.3 Å². The Bertz CT molecular complexity index is 819. The number of amides is 1. The van der Waals surface area contributed by atoms with Gasteiger partial charge in [0.25, 0.3) is 5.91 Å². The molecule has 0 saturated carbocycles. The number of likely N-dealkylation sites (N-methyl/N-ethyl adjacent to an activating group) is 1. The lowest BCUT2D eigenvalue weighted by molar-refractivity contribution is 0.0743. The molecule has 0 unspecified atom stereocenters. The summed E-state index contributed by atoms with van der Waals surface area (Å²) in [4.78, 5) is 18.5. The summed E-state index contributed by atoms with van der Waals surface area (Å²) >= 11 is 1.68. The fourth-order valence-electron chi connectivity index (χ4n) is 2.53. The molecule has 0 aliphatic carbocycles. The van der Waals surface area contributed by atoms with Crippen molar-refractivity contribution in [1.29, 1.82) is 0 Å². The average Bonchev–Trinajstić information content (AvgIpc) is 3.14. The van der Waals surface area contributed by atoms with E-state index in [-0.39, 0.29) is 11.9 Å². The van der Waals surface area contributed by atoms with E-state index in [0.29, 0.717) is 17.1 Å². The lowest BCUT2D eigenvalue weighted by Gasteiger charge is -2.25. The normalized spacial score (nSPS) is 11.8. The SMILES string of the molecule is C[C@H](Cc1ccsc1)N(C)C(=O)c1cccc(Oc2ccncc2)c1. The molecule has 5 heteroatoms. The second kappa shape index (κ2) is 7.94. The number of carbonyl (C=O) groups excluding carboxylic acids is 1. The number of thiophene rings is 1. The van der Waals surface area contributed by atoms with Crippen LogP contribution < -0.4 is 4.74 Å². The summed E-state index contributed by atoms with van der Waals surface area (Å²) < 4.78 is 5.79. The zero-order valence-corrected chi connectivity index (χ0v) is 15.1. The minimum Gasteiger partial charge on any atom is -0.457 e. The monoisotopic (exact) mass is 352 g/mol. The minimum atomic E-state index is -0.0112. The van der Waals surface area contributed by atoms with Gasteiger partial charge in [-0.2, -0.15) is 11.3 Å².